The lowest BCUT2D eigenvalue weighted by molar-refractivity contribution is 0.0929. The number of hydrogen-bond donors (Lipinski definition) is 3. The Labute approximate surface area is 173 Å². The summed E-state index contributed by atoms with van der Waals surface area (Å²) in [5.74, 6) is -1.53. The predicted octanol–water partition coefficient (Wildman–Crippen LogP) is 2.15. The second-order valence-electron chi connectivity index (χ2n) is 7.36. The number of aryl methyl sites for hydroxylation is 3. The van der Waals surface area contributed by atoms with Crippen LogP contribution in [0.2, 0.25) is 0 Å². The molecule has 10 heteroatoms. The number of carbonyl (C=O) groups is 3. The van der Waals surface area contributed by atoms with E-state index in [2.05, 4.69) is 15.6 Å². The Bertz CT molecular complexity index is 1130. The average Bonchev–Trinajstić information content (AvgIpc) is 3.32. The fraction of sp³-hybridized carbons (Fsp3) is 0.300. The topological polar surface area (TPSA) is 123 Å². The maximum Gasteiger partial charge on any atom is 0.291 e. The largest absolute Gasteiger partial charge is 0.504 e. The first-order chi connectivity index (χ1) is 14.1. The Morgan fingerprint density at radius 3 is 2.30 bits per heavy atom. The molecule has 0 aliphatic rings. The number of amides is 2. The summed E-state index contributed by atoms with van der Waals surface area (Å²) >= 11 is 0. The number of rotatable bonds is 6. The molecule has 0 saturated carbocycles. The number of nitrogens with zero attached hydrogens (tertiary/aromatic N) is 4. The van der Waals surface area contributed by atoms with Gasteiger partial charge in [-0.25, -0.2) is 4.98 Å². The average molecular weight is 412 g/mol. The maximum absolute atomic E-state index is 12.7. The van der Waals surface area contributed by atoms with Gasteiger partial charge >= 0.3 is 0 Å². The molecule has 10 nitrogen and oxygen atoms in total. The fourth-order valence-corrected chi connectivity index (χ4v) is 3.10. The SMILES string of the molecule is CC(C)C(=O)c1cc(NC(=O)c2c(O)c(NC(=O)c3nccn3C)cn2C)cn1C. The molecule has 3 N–H and O–H groups in total. The summed E-state index contributed by atoms with van der Waals surface area (Å²) in [6.45, 7) is 3.60. The first kappa shape index (κ1) is 20.9. The minimum absolute atomic E-state index is 0.0364. The van der Waals surface area contributed by atoms with Gasteiger partial charge in [0.25, 0.3) is 11.8 Å². The van der Waals surface area contributed by atoms with Crippen molar-refractivity contribution in [1.29, 1.82) is 0 Å². The second-order valence-corrected chi connectivity index (χ2v) is 7.36. The van der Waals surface area contributed by atoms with E-state index in [-0.39, 0.29) is 34.7 Å². The molecule has 3 aromatic heterocycles. The highest BCUT2D eigenvalue weighted by molar-refractivity contribution is 6.09. The number of imidazole rings is 1. The van der Waals surface area contributed by atoms with Crippen LogP contribution in [0.5, 0.6) is 5.75 Å². The third-order valence-electron chi connectivity index (χ3n) is 4.68. The van der Waals surface area contributed by atoms with Crippen LogP contribution in [0.4, 0.5) is 11.4 Å². The molecule has 0 aliphatic carbocycles. The lowest BCUT2D eigenvalue weighted by Crippen LogP contribution is -2.16. The molecule has 3 heterocycles. The molecule has 0 fully saturated rings. The van der Waals surface area contributed by atoms with Gasteiger partial charge in [0.15, 0.2) is 23.1 Å². The molecule has 3 aromatic rings. The number of ketones is 1. The summed E-state index contributed by atoms with van der Waals surface area (Å²) in [5, 5.41) is 15.7. The van der Waals surface area contributed by atoms with Crippen molar-refractivity contribution in [2.24, 2.45) is 27.1 Å². The highest BCUT2D eigenvalue weighted by atomic mass is 16.3. The van der Waals surface area contributed by atoms with E-state index < -0.39 is 11.8 Å². The maximum atomic E-state index is 12.7. The van der Waals surface area contributed by atoms with E-state index in [0.29, 0.717) is 11.4 Å². The molecule has 0 saturated heterocycles. The quantitative estimate of drug-likeness (QED) is 0.535. The molecule has 3 rings (SSSR count). The minimum Gasteiger partial charge on any atom is -0.504 e. The van der Waals surface area contributed by atoms with Crippen LogP contribution in [0.15, 0.2) is 30.9 Å². The van der Waals surface area contributed by atoms with Crippen molar-refractivity contribution in [3.05, 3.63) is 48.1 Å². The van der Waals surface area contributed by atoms with Gasteiger partial charge in [-0.2, -0.15) is 0 Å². The molecule has 158 valence electrons. The van der Waals surface area contributed by atoms with Gasteiger partial charge < -0.3 is 29.4 Å². The zero-order valence-corrected chi connectivity index (χ0v) is 17.4. The van der Waals surface area contributed by atoms with Crippen molar-refractivity contribution in [1.82, 2.24) is 18.7 Å². The van der Waals surface area contributed by atoms with E-state index in [1.165, 1.54) is 21.5 Å². The predicted molar refractivity (Wildman–Crippen MR) is 111 cm³/mol. The molecule has 0 aliphatic heterocycles. The first-order valence-corrected chi connectivity index (χ1v) is 9.29. The number of Topliss-reactive ketones (excluding diaryl/α,β-unsaturated/α-hetero) is 1. The zero-order valence-electron chi connectivity index (χ0n) is 17.4. The van der Waals surface area contributed by atoms with E-state index in [4.69, 9.17) is 0 Å². The van der Waals surface area contributed by atoms with E-state index in [1.54, 1.807) is 58.0 Å². The molecule has 0 bridgehead atoms. The Morgan fingerprint density at radius 1 is 1.00 bits per heavy atom. The van der Waals surface area contributed by atoms with Gasteiger partial charge in [0, 0.05) is 51.8 Å². The summed E-state index contributed by atoms with van der Waals surface area (Å²) in [6.07, 6.45) is 6.16. The summed E-state index contributed by atoms with van der Waals surface area (Å²) in [7, 11) is 4.96. The lowest BCUT2D eigenvalue weighted by Gasteiger charge is -2.05. The summed E-state index contributed by atoms with van der Waals surface area (Å²) in [6, 6.07) is 1.59. The van der Waals surface area contributed by atoms with E-state index in [9.17, 15) is 19.5 Å². The fourth-order valence-electron chi connectivity index (χ4n) is 3.10. The molecule has 30 heavy (non-hydrogen) atoms. The number of anilines is 2. The van der Waals surface area contributed by atoms with Crippen LogP contribution in [0.1, 0.15) is 45.4 Å². The van der Waals surface area contributed by atoms with Gasteiger partial charge in [0.05, 0.1) is 11.4 Å². The van der Waals surface area contributed by atoms with Gasteiger partial charge in [0.2, 0.25) is 0 Å². The third kappa shape index (κ3) is 3.84. The number of aromatic hydroxyl groups is 1. The van der Waals surface area contributed by atoms with Crippen LogP contribution in [-0.4, -0.2) is 41.4 Å². The highest BCUT2D eigenvalue weighted by Gasteiger charge is 2.24. The number of hydrogen-bond acceptors (Lipinski definition) is 5. The highest BCUT2D eigenvalue weighted by Crippen LogP contribution is 2.30. The molecule has 0 radical (unpaired) electrons. The molecule has 0 aromatic carbocycles. The van der Waals surface area contributed by atoms with Gasteiger partial charge in [0.1, 0.15) is 5.69 Å². The summed E-state index contributed by atoms with van der Waals surface area (Å²) < 4.78 is 4.58. The van der Waals surface area contributed by atoms with Gasteiger partial charge in [-0.1, -0.05) is 13.8 Å². The third-order valence-corrected chi connectivity index (χ3v) is 4.68. The smallest absolute Gasteiger partial charge is 0.291 e. The number of nitrogens with one attached hydrogen (secondary N) is 2. The van der Waals surface area contributed by atoms with Crippen LogP contribution in [0, 0.1) is 5.92 Å². The van der Waals surface area contributed by atoms with Crippen LogP contribution in [-0.2, 0) is 21.1 Å². The normalized spacial score (nSPS) is 11.0. The monoisotopic (exact) mass is 412 g/mol. The molecular formula is C20H24N6O4. The van der Waals surface area contributed by atoms with Gasteiger partial charge in [-0.05, 0) is 6.07 Å². The number of carbonyl (C=O) groups excluding carboxylic acids is 3. The molecule has 0 atom stereocenters. The van der Waals surface area contributed by atoms with E-state index >= 15 is 0 Å². The van der Waals surface area contributed by atoms with Crippen molar-refractivity contribution in [2.45, 2.75) is 13.8 Å². The molecular weight excluding hydrogens is 388 g/mol. The zero-order chi connectivity index (χ0) is 22.2. The van der Waals surface area contributed by atoms with Crippen molar-refractivity contribution in [3.63, 3.8) is 0 Å². The van der Waals surface area contributed by atoms with Gasteiger partial charge in [-0.3, -0.25) is 14.4 Å². The standard InChI is InChI=1S/C20H24N6O4/c1-11(2)16(27)14-8-12(9-25(14)4)22-19(29)15-17(28)13(10-26(15)5)23-20(30)18-21-6-7-24(18)3/h6-11,28H,1-5H3,(H,22,29)(H,23,30). The summed E-state index contributed by atoms with van der Waals surface area (Å²) in [4.78, 5) is 41.3. The molecule has 0 unspecified atom stereocenters. The van der Waals surface area contributed by atoms with E-state index in [1.807, 2.05) is 0 Å². The minimum atomic E-state index is -0.582. The summed E-state index contributed by atoms with van der Waals surface area (Å²) in [5.41, 5.74) is 0.940. The van der Waals surface area contributed by atoms with Crippen molar-refractivity contribution in [2.75, 3.05) is 10.6 Å². The van der Waals surface area contributed by atoms with E-state index in [0.717, 1.165) is 0 Å². The Balaban J connectivity index is 1.81. The van der Waals surface area contributed by atoms with Gasteiger partial charge in [-0.15, -0.1) is 0 Å². The number of aromatic nitrogens is 4. The first-order valence-electron chi connectivity index (χ1n) is 9.29. The van der Waals surface area contributed by atoms with Crippen LogP contribution in [0.25, 0.3) is 0 Å². The second kappa shape index (κ2) is 7.90. The Kier molecular flexibility index (Phi) is 5.50. The Hall–Kier alpha value is -3.82. The molecule has 0 spiro atoms. The van der Waals surface area contributed by atoms with Crippen molar-refractivity contribution < 1.29 is 19.5 Å². The molecule has 2 amide bonds. The van der Waals surface area contributed by atoms with Crippen LogP contribution < -0.4 is 10.6 Å². The Morgan fingerprint density at radius 2 is 1.70 bits per heavy atom. The van der Waals surface area contributed by atoms with Crippen molar-refractivity contribution >= 4 is 29.0 Å². The van der Waals surface area contributed by atoms with Crippen molar-refractivity contribution in [3.8, 4) is 5.75 Å². The van der Waals surface area contributed by atoms with Crippen LogP contribution in [0.3, 0.4) is 0 Å². The van der Waals surface area contributed by atoms with Crippen LogP contribution >= 0.6 is 0 Å². The lowest BCUT2D eigenvalue weighted by atomic mass is 10.1.